The molecule has 1 aliphatic carbocycles. The maximum absolute atomic E-state index is 14.1. The average Bonchev–Trinajstić information content (AvgIpc) is 3.24. The lowest BCUT2D eigenvalue weighted by Gasteiger charge is -2.34. The summed E-state index contributed by atoms with van der Waals surface area (Å²) in [5, 5.41) is 9.56. The minimum atomic E-state index is -0.175. The highest BCUT2D eigenvalue weighted by molar-refractivity contribution is 5.32. The molecule has 3 rings (SSSR count). The molecule has 104 valence electrons. The molecule has 3 heteroatoms. The number of piperidine rings is 1. The highest BCUT2D eigenvalue weighted by Crippen LogP contribution is 2.41. The van der Waals surface area contributed by atoms with Gasteiger partial charge in [0.25, 0.3) is 0 Å². The summed E-state index contributed by atoms with van der Waals surface area (Å²) in [4.78, 5) is 2.28. The van der Waals surface area contributed by atoms with E-state index in [0.717, 1.165) is 31.5 Å². The van der Waals surface area contributed by atoms with E-state index < -0.39 is 0 Å². The molecule has 2 fully saturated rings. The predicted molar refractivity (Wildman–Crippen MR) is 73.6 cm³/mol. The number of likely N-dealkylation sites (tertiary alicyclic amines) is 1. The van der Waals surface area contributed by atoms with Gasteiger partial charge in [0.2, 0.25) is 0 Å². The SMILES string of the molecule is CC(c1cc(C2CC2)ccc1F)N1CCC(O)CC1. The van der Waals surface area contributed by atoms with Gasteiger partial charge in [-0.25, -0.2) is 4.39 Å². The Hall–Kier alpha value is -0.930. The predicted octanol–water partition coefficient (Wildman–Crippen LogP) is 3.22. The Labute approximate surface area is 114 Å². The first-order valence-electron chi connectivity index (χ1n) is 7.36. The van der Waals surface area contributed by atoms with Gasteiger partial charge in [-0.1, -0.05) is 12.1 Å². The number of hydrogen-bond acceptors (Lipinski definition) is 2. The quantitative estimate of drug-likeness (QED) is 0.905. The van der Waals surface area contributed by atoms with Crippen LogP contribution in [0.4, 0.5) is 4.39 Å². The number of aliphatic hydroxyl groups is 1. The molecule has 1 saturated heterocycles. The van der Waals surface area contributed by atoms with Gasteiger partial charge in [-0.2, -0.15) is 0 Å². The van der Waals surface area contributed by atoms with Crippen LogP contribution in [0.5, 0.6) is 0 Å². The van der Waals surface area contributed by atoms with Crippen molar-refractivity contribution < 1.29 is 9.50 Å². The van der Waals surface area contributed by atoms with Crippen LogP contribution in [0.2, 0.25) is 0 Å². The van der Waals surface area contributed by atoms with Crippen molar-refractivity contribution in [1.82, 2.24) is 4.90 Å². The van der Waals surface area contributed by atoms with Gasteiger partial charge in [-0.05, 0) is 50.2 Å². The number of aliphatic hydroxyl groups excluding tert-OH is 1. The van der Waals surface area contributed by atoms with E-state index in [-0.39, 0.29) is 18.0 Å². The second-order valence-electron chi connectivity index (χ2n) is 6.00. The third kappa shape index (κ3) is 2.82. The summed E-state index contributed by atoms with van der Waals surface area (Å²) in [5.74, 6) is 0.567. The van der Waals surface area contributed by atoms with Gasteiger partial charge in [0.15, 0.2) is 0 Å². The molecule has 19 heavy (non-hydrogen) atoms. The third-order valence-corrected chi connectivity index (χ3v) is 4.57. The lowest BCUT2D eigenvalue weighted by Crippen LogP contribution is -2.37. The second-order valence-corrected chi connectivity index (χ2v) is 6.00. The number of rotatable bonds is 3. The molecule has 0 spiro atoms. The molecular weight excluding hydrogens is 241 g/mol. The van der Waals surface area contributed by atoms with E-state index in [4.69, 9.17) is 0 Å². The number of benzene rings is 1. The second kappa shape index (κ2) is 5.22. The zero-order chi connectivity index (χ0) is 13.4. The number of nitrogens with zero attached hydrogens (tertiary/aromatic N) is 1. The Morgan fingerprint density at radius 3 is 2.53 bits per heavy atom. The zero-order valence-corrected chi connectivity index (χ0v) is 11.5. The van der Waals surface area contributed by atoms with E-state index >= 15 is 0 Å². The molecule has 1 atom stereocenters. The van der Waals surface area contributed by atoms with Gasteiger partial charge in [0, 0.05) is 24.7 Å². The van der Waals surface area contributed by atoms with Crippen molar-refractivity contribution >= 4 is 0 Å². The minimum absolute atomic E-state index is 0.0944. The fourth-order valence-electron chi connectivity index (χ4n) is 3.02. The van der Waals surface area contributed by atoms with Crippen molar-refractivity contribution in [1.29, 1.82) is 0 Å². The van der Waals surface area contributed by atoms with Crippen LogP contribution in [0.25, 0.3) is 0 Å². The van der Waals surface area contributed by atoms with Crippen LogP contribution in [0, 0.1) is 5.82 Å². The Kier molecular flexibility index (Phi) is 3.59. The molecule has 0 aromatic heterocycles. The molecule has 1 aromatic rings. The molecule has 0 bridgehead atoms. The van der Waals surface area contributed by atoms with Gasteiger partial charge in [-0.15, -0.1) is 0 Å². The van der Waals surface area contributed by atoms with E-state index in [2.05, 4.69) is 17.9 Å². The molecular formula is C16H22FNO. The van der Waals surface area contributed by atoms with Gasteiger partial charge in [-0.3, -0.25) is 4.90 Å². The average molecular weight is 263 g/mol. The Bertz CT molecular complexity index is 450. The van der Waals surface area contributed by atoms with E-state index in [1.165, 1.54) is 18.4 Å². The highest BCUT2D eigenvalue weighted by atomic mass is 19.1. The summed E-state index contributed by atoms with van der Waals surface area (Å²) in [6, 6.07) is 5.72. The first-order chi connectivity index (χ1) is 9.15. The zero-order valence-electron chi connectivity index (χ0n) is 11.5. The van der Waals surface area contributed by atoms with E-state index in [1.807, 2.05) is 6.07 Å². The van der Waals surface area contributed by atoms with Gasteiger partial charge in [0.05, 0.1) is 6.10 Å². The fraction of sp³-hybridized carbons (Fsp3) is 0.625. The Morgan fingerprint density at radius 2 is 1.89 bits per heavy atom. The van der Waals surface area contributed by atoms with Crippen molar-refractivity contribution in [2.45, 2.75) is 50.7 Å². The van der Waals surface area contributed by atoms with Crippen LogP contribution < -0.4 is 0 Å². The molecule has 1 aromatic carbocycles. The smallest absolute Gasteiger partial charge is 0.127 e. The summed E-state index contributed by atoms with van der Waals surface area (Å²) >= 11 is 0. The third-order valence-electron chi connectivity index (χ3n) is 4.57. The maximum atomic E-state index is 14.1. The van der Waals surface area contributed by atoms with Crippen LogP contribution in [0.15, 0.2) is 18.2 Å². The summed E-state index contributed by atoms with van der Waals surface area (Å²) in [5.41, 5.74) is 2.11. The fourth-order valence-corrected chi connectivity index (χ4v) is 3.02. The number of halogens is 1. The van der Waals surface area contributed by atoms with Crippen LogP contribution in [0.3, 0.4) is 0 Å². The molecule has 1 aliphatic heterocycles. The van der Waals surface area contributed by atoms with Gasteiger partial charge < -0.3 is 5.11 Å². The first-order valence-corrected chi connectivity index (χ1v) is 7.36. The Morgan fingerprint density at radius 1 is 1.21 bits per heavy atom. The lowest BCUT2D eigenvalue weighted by atomic mass is 9.98. The first kappa shape index (κ1) is 13.1. The molecule has 1 N–H and O–H groups in total. The summed E-state index contributed by atoms with van der Waals surface area (Å²) in [6.45, 7) is 3.79. The molecule has 1 unspecified atom stereocenters. The van der Waals surface area contributed by atoms with E-state index in [0.29, 0.717) is 5.92 Å². The summed E-state index contributed by atoms with van der Waals surface area (Å²) in [7, 11) is 0. The van der Waals surface area contributed by atoms with Crippen LogP contribution >= 0.6 is 0 Å². The van der Waals surface area contributed by atoms with Gasteiger partial charge >= 0.3 is 0 Å². The van der Waals surface area contributed by atoms with Crippen molar-refractivity contribution in [2.24, 2.45) is 0 Å². The largest absolute Gasteiger partial charge is 0.393 e. The minimum Gasteiger partial charge on any atom is -0.393 e. The van der Waals surface area contributed by atoms with Crippen molar-refractivity contribution in [2.75, 3.05) is 13.1 Å². The van der Waals surface area contributed by atoms with Crippen LogP contribution in [-0.4, -0.2) is 29.2 Å². The normalized spacial score (nSPS) is 23.5. The van der Waals surface area contributed by atoms with Crippen molar-refractivity contribution in [3.63, 3.8) is 0 Å². The molecule has 1 heterocycles. The highest BCUT2D eigenvalue weighted by Gasteiger charge is 2.27. The monoisotopic (exact) mass is 263 g/mol. The van der Waals surface area contributed by atoms with Crippen molar-refractivity contribution in [3.8, 4) is 0 Å². The van der Waals surface area contributed by atoms with Crippen LogP contribution in [0.1, 0.15) is 55.7 Å². The van der Waals surface area contributed by atoms with E-state index in [1.54, 1.807) is 6.07 Å². The molecule has 2 nitrogen and oxygen atoms in total. The van der Waals surface area contributed by atoms with Gasteiger partial charge in [0.1, 0.15) is 5.82 Å². The van der Waals surface area contributed by atoms with E-state index in [9.17, 15) is 9.50 Å². The Balaban J connectivity index is 1.78. The molecule has 0 radical (unpaired) electrons. The van der Waals surface area contributed by atoms with Crippen molar-refractivity contribution in [3.05, 3.63) is 35.1 Å². The lowest BCUT2D eigenvalue weighted by molar-refractivity contribution is 0.0637. The number of hydrogen-bond donors (Lipinski definition) is 1. The molecule has 1 saturated carbocycles. The topological polar surface area (TPSA) is 23.5 Å². The summed E-state index contributed by atoms with van der Waals surface area (Å²) in [6.07, 6.45) is 3.92. The maximum Gasteiger partial charge on any atom is 0.127 e. The van der Waals surface area contributed by atoms with Crippen LogP contribution in [-0.2, 0) is 0 Å². The standard InChI is InChI=1S/C16H22FNO/c1-11(18-8-6-14(19)7-9-18)15-10-13(12-2-3-12)4-5-16(15)17/h4-5,10-12,14,19H,2-3,6-9H2,1H3. The molecule has 0 amide bonds. The molecule has 2 aliphatic rings. The summed E-state index contributed by atoms with van der Waals surface area (Å²) < 4.78 is 14.1.